The number of benzene rings is 1. The molecule has 0 saturated carbocycles. The summed E-state index contributed by atoms with van der Waals surface area (Å²) in [6.07, 6.45) is 4.68. The summed E-state index contributed by atoms with van der Waals surface area (Å²) in [7, 11) is 0. The van der Waals surface area contributed by atoms with Gasteiger partial charge in [0.05, 0.1) is 11.7 Å². The van der Waals surface area contributed by atoms with Crippen LogP contribution in [0.2, 0.25) is 0 Å². The summed E-state index contributed by atoms with van der Waals surface area (Å²) in [5.41, 5.74) is 4.61. The Bertz CT molecular complexity index is 769. The first-order valence-electron chi connectivity index (χ1n) is 8.18. The molecule has 3 rings (SSSR count). The number of nitrogens with zero attached hydrogens (tertiary/aromatic N) is 1. The number of amides is 2. The monoisotopic (exact) mass is 343 g/mol. The summed E-state index contributed by atoms with van der Waals surface area (Å²) >= 11 is 1.30. The van der Waals surface area contributed by atoms with Crippen molar-refractivity contribution in [3.05, 3.63) is 46.0 Å². The highest BCUT2D eigenvalue weighted by Crippen LogP contribution is 2.24. The lowest BCUT2D eigenvalue weighted by molar-refractivity contribution is -0.136. The van der Waals surface area contributed by atoms with Crippen LogP contribution in [-0.4, -0.2) is 16.8 Å². The molecule has 0 radical (unpaired) electrons. The fourth-order valence-electron chi connectivity index (χ4n) is 2.93. The van der Waals surface area contributed by atoms with Crippen molar-refractivity contribution in [1.82, 2.24) is 10.3 Å². The van der Waals surface area contributed by atoms with Gasteiger partial charge >= 0.3 is 11.8 Å². The minimum Gasteiger partial charge on any atom is -0.341 e. The lowest BCUT2D eigenvalue weighted by atomic mass is 9.89. The lowest BCUT2D eigenvalue weighted by Gasteiger charge is -2.19. The van der Waals surface area contributed by atoms with Gasteiger partial charge in [-0.25, -0.2) is 4.98 Å². The van der Waals surface area contributed by atoms with Gasteiger partial charge in [-0.2, -0.15) is 0 Å². The number of hydrogen-bond acceptors (Lipinski definition) is 4. The minimum absolute atomic E-state index is 0.214. The summed E-state index contributed by atoms with van der Waals surface area (Å²) in [4.78, 5) is 28.2. The Morgan fingerprint density at radius 3 is 2.62 bits per heavy atom. The largest absolute Gasteiger partial charge is 0.341 e. The second kappa shape index (κ2) is 7.13. The third kappa shape index (κ3) is 3.82. The Kier molecular flexibility index (Phi) is 4.94. The zero-order chi connectivity index (χ0) is 17.1. The van der Waals surface area contributed by atoms with E-state index >= 15 is 0 Å². The maximum absolute atomic E-state index is 12.1. The maximum Gasteiger partial charge on any atom is 0.315 e. The summed E-state index contributed by atoms with van der Waals surface area (Å²) in [5.74, 6) is -1.33. The van der Waals surface area contributed by atoms with Crippen LogP contribution in [0.3, 0.4) is 0 Å². The van der Waals surface area contributed by atoms with E-state index < -0.39 is 11.8 Å². The number of fused-ring (bicyclic) bond motifs is 1. The molecule has 1 atom stereocenters. The van der Waals surface area contributed by atoms with Crippen molar-refractivity contribution in [2.45, 2.75) is 45.6 Å². The zero-order valence-electron chi connectivity index (χ0n) is 13.9. The number of hydrogen-bond donors (Lipinski definition) is 2. The molecule has 1 aromatic heterocycles. The molecule has 0 spiro atoms. The van der Waals surface area contributed by atoms with Crippen molar-refractivity contribution in [1.29, 1.82) is 0 Å². The standard InChI is InChI=1S/C18H21N3O2S/c1-11-10-24-18(19-11)21-17(23)16(22)20-12(2)14-8-7-13-5-3-4-6-15(13)9-14/h7-10,12H,3-6H2,1-2H3,(H,20,22)(H,19,21,23). The number of anilines is 1. The summed E-state index contributed by atoms with van der Waals surface area (Å²) in [5, 5.41) is 7.54. The summed E-state index contributed by atoms with van der Waals surface area (Å²) in [6.45, 7) is 3.73. The van der Waals surface area contributed by atoms with E-state index in [1.165, 1.54) is 35.3 Å². The third-order valence-electron chi connectivity index (χ3n) is 4.27. The van der Waals surface area contributed by atoms with E-state index in [-0.39, 0.29) is 6.04 Å². The number of rotatable bonds is 3. The average Bonchev–Trinajstić information content (AvgIpc) is 2.99. The maximum atomic E-state index is 12.1. The highest BCUT2D eigenvalue weighted by Gasteiger charge is 2.19. The van der Waals surface area contributed by atoms with Crippen LogP contribution in [0, 0.1) is 6.92 Å². The van der Waals surface area contributed by atoms with Gasteiger partial charge in [0.1, 0.15) is 0 Å². The van der Waals surface area contributed by atoms with E-state index in [2.05, 4.69) is 27.8 Å². The van der Waals surface area contributed by atoms with Gasteiger partial charge in [-0.3, -0.25) is 14.9 Å². The minimum atomic E-state index is -0.686. The second-order valence-corrected chi connectivity index (χ2v) is 7.04. The van der Waals surface area contributed by atoms with Crippen LogP contribution in [0.5, 0.6) is 0 Å². The Morgan fingerprint density at radius 2 is 1.92 bits per heavy atom. The van der Waals surface area contributed by atoms with Gasteiger partial charge < -0.3 is 5.32 Å². The molecule has 6 heteroatoms. The van der Waals surface area contributed by atoms with Crippen LogP contribution >= 0.6 is 11.3 Å². The molecule has 126 valence electrons. The fourth-order valence-corrected chi connectivity index (χ4v) is 3.62. The first-order valence-corrected chi connectivity index (χ1v) is 9.06. The second-order valence-electron chi connectivity index (χ2n) is 6.18. The number of aryl methyl sites for hydroxylation is 3. The molecule has 0 saturated heterocycles. The van der Waals surface area contributed by atoms with E-state index in [4.69, 9.17) is 0 Å². The van der Waals surface area contributed by atoms with Crippen molar-refractivity contribution >= 4 is 28.3 Å². The summed E-state index contributed by atoms with van der Waals surface area (Å²) in [6, 6.07) is 6.12. The predicted molar refractivity (Wildman–Crippen MR) is 95.1 cm³/mol. The quantitative estimate of drug-likeness (QED) is 0.841. The van der Waals surface area contributed by atoms with Crippen molar-refractivity contribution in [3.8, 4) is 0 Å². The molecule has 2 aromatic rings. The molecule has 2 N–H and O–H groups in total. The number of carbonyl (C=O) groups is 2. The molecule has 0 fully saturated rings. The van der Waals surface area contributed by atoms with Gasteiger partial charge in [0.15, 0.2) is 5.13 Å². The first kappa shape index (κ1) is 16.6. The Hall–Kier alpha value is -2.21. The van der Waals surface area contributed by atoms with E-state index in [9.17, 15) is 9.59 Å². The van der Waals surface area contributed by atoms with Gasteiger partial charge in [-0.1, -0.05) is 18.2 Å². The molecular formula is C18H21N3O2S. The molecule has 2 amide bonds. The summed E-state index contributed by atoms with van der Waals surface area (Å²) < 4.78 is 0. The number of thiazole rings is 1. The van der Waals surface area contributed by atoms with Crippen molar-refractivity contribution < 1.29 is 9.59 Å². The zero-order valence-corrected chi connectivity index (χ0v) is 14.7. The molecule has 1 aliphatic carbocycles. The molecule has 0 bridgehead atoms. The molecule has 1 aromatic carbocycles. The highest BCUT2D eigenvalue weighted by atomic mass is 32.1. The van der Waals surface area contributed by atoms with Gasteiger partial charge in [-0.15, -0.1) is 11.3 Å². The molecular weight excluding hydrogens is 322 g/mol. The van der Waals surface area contributed by atoms with Crippen molar-refractivity contribution in [3.63, 3.8) is 0 Å². The van der Waals surface area contributed by atoms with Gasteiger partial charge in [-0.05, 0) is 56.2 Å². The molecule has 1 heterocycles. The van der Waals surface area contributed by atoms with E-state index in [1.54, 1.807) is 0 Å². The molecule has 24 heavy (non-hydrogen) atoms. The molecule has 0 aliphatic heterocycles. The van der Waals surface area contributed by atoms with Crippen LogP contribution in [-0.2, 0) is 22.4 Å². The van der Waals surface area contributed by atoms with Crippen LogP contribution in [0.4, 0.5) is 5.13 Å². The Morgan fingerprint density at radius 1 is 1.17 bits per heavy atom. The number of aromatic nitrogens is 1. The van der Waals surface area contributed by atoms with Crippen LogP contribution < -0.4 is 10.6 Å². The third-order valence-corrected chi connectivity index (χ3v) is 5.14. The highest BCUT2D eigenvalue weighted by molar-refractivity contribution is 7.14. The number of nitrogens with one attached hydrogen (secondary N) is 2. The van der Waals surface area contributed by atoms with Gasteiger partial charge in [0, 0.05) is 5.38 Å². The molecule has 5 nitrogen and oxygen atoms in total. The SMILES string of the molecule is Cc1csc(NC(=O)C(=O)NC(C)c2ccc3c(c2)CCCC3)n1. The van der Waals surface area contributed by atoms with E-state index in [1.807, 2.05) is 25.3 Å². The topological polar surface area (TPSA) is 71.1 Å². The van der Waals surface area contributed by atoms with E-state index in [0.717, 1.165) is 24.1 Å². The number of carbonyl (C=O) groups excluding carboxylic acids is 2. The lowest BCUT2D eigenvalue weighted by Crippen LogP contribution is -2.37. The van der Waals surface area contributed by atoms with Crippen LogP contribution in [0.15, 0.2) is 23.6 Å². The normalized spacial score (nSPS) is 14.6. The predicted octanol–water partition coefficient (Wildman–Crippen LogP) is 3.15. The fraction of sp³-hybridized carbons (Fsp3) is 0.389. The molecule has 1 aliphatic rings. The van der Waals surface area contributed by atoms with Gasteiger partial charge in [0.2, 0.25) is 0 Å². The van der Waals surface area contributed by atoms with Crippen LogP contribution in [0.1, 0.15) is 48.2 Å². The van der Waals surface area contributed by atoms with Crippen molar-refractivity contribution in [2.24, 2.45) is 0 Å². The van der Waals surface area contributed by atoms with Crippen LogP contribution in [0.25, 0.3) is 0 Å². The van der Waals surface area contributed by atoms with Gasteiger partial charge in [0.25, 0.3) is 0 Å². The van der Waals surface area contributed by atoms with E-state index in [0.29, 0.717) is 5.13 Å². The Balaban J connectivity index is 1.62. The van der Waals surface area contributed by atoms with Crippen molar-refractivity contribution in [2.75, 3.05) is 5.32 Å². The smallest absolute Gasteiger partial charge is 0.315 e. The Labute approximate surface area is 145 Å². The first-order chi connectivity index (χ1) is 11.5. The average molecular weight is 343 g/mol. The molecule has 1 unspecified atom stereocenters.